The van der Waals surface area contributed by atoms with E-state index in [-0.39, 0.29) is 0 Å². The van der Waals surface area contributed by atoms with Gasteiger partial charge in [-0.25, -0.2) is 0 Å². The van der Waals surface area contributed by atoms with Gasteiger partial charge >= 0.3 is 0 Å². The predicted molar refractivity (Wildman–Crippen MR) is 98.3 cm³/mol. The van der Waals surface area contributed by atoms with E-state index in [4.69, 9.17) is 0 Å². The number of guanidine groups is 1. The number of aryl methyl sites for hydroxylation is 1. The molecule has 3 N–H and O–H groups in total. The molecule has 6 heteroatoms. The Kier molecular flexibility index (Phi) is 5.15. The molecule has 0 fully saturated rings. The molecule has 0 atom stereocenters. The highest BCUT2D eigenvalue weighted by molar-refractivity contribution is 5.83. The summed E-state index contributed by atoms with van der Waals surface area (Å²) in [4.78, 5) is 7.58. The van der Waals surface area contributed by atoms with Crippen LogP contribution >= 0.6 is 0 Å². The standard InChI is InChI=1S/C18H24N6/c1-19-18(20-9-7-14-11-23-24(2)13-14)21-10-8-15-12-22-17-6-4-3-5-16(15)17/h3-6,11-13,22H,7-10H2,1-2H3,(H2,19,20,21). The van der Waals surface area contributed by atoms with E-state index in [9.17, 15) is 0 Å². The van der Waals surface area contributed by atoms with Gasteiger partial charge in [-0.3, -0.25) is 9.67 Å². The van der Waals surface area contributed by atoms with Gasteiger partial charge in [0.05, 0.1) is 6.20 Å². The predicted octanol–water partition coefficient (Wildman–Crippen LogP) is 1.85. The Morgan fingerprint density at radius 3 is 2.75 bits per heavy atom. The van der Waals surface area contributed by atoms with Crippen LogP contribution in [0.2, 0.25) is 0 Å². The summed E-state index contributed by atoms with van der Waals surface area (Å²) in [6, 6.07) is 8.38. The zero-order valence-electron chi connectivity index (χ0n) is 14.2. The average Bonchev–Trinajstić information content (AvgIpc) is 3.20. The van der Waals surface area contributed by atoms with Gasteiger partial charge in [-0.2, -0.15) is 5.10 Å². The quantitative estimate of drug-likeness (QED) is 0.479. The SMILES string of the molecule is CN=C(NCCc1cnn(C)c1)NCCc1c[nH]c2ccccc12. The summed E-state index contributed by atoms with van der Waals surface area (Å²) in [6.07, 6.45) is 7.90. The van der Waals surface area contributed by atoms with Crippen molar-refractivity contribution >= 4 is 16.9 Å². The minimum Gasteiger partial charge on any atom is -0.361 e. The second-order valence-electron chi connectivity index (χ2n) is 5.81. The third-order valence-corrected chi connectivity index (χ3v) is 4.05. The van der Waals surface area contributed by atoms with Gasteiger partial charge in [0.2, 0.25) is 0 Å². The van der Waals surface area contributed by atoms with Crippen molar-refractivity contribution in [2.24, 2.45) is 12.0 Å². The summed E-state index contributed by atoms with van der Waals surface area (Å²) >= 11 is 0. The number of aliphatic imine (C=N–C) groups is 1. The molecule has 1 aromatic carbocycles. The first-order chi connectivity index (χ1) is 11.8. The Morgan fingerprint density at radius 1 is 1.21 bits per heavy atom. The molecular weight excluding hydrogens is 300 g/mol. The highest BCUT2D eigenvalue weighted by atomic mass is 15.2. The molecule has 0 aliphatic carbocycles. The molecule has 6 nitrogen and oxygen atoms in total. The van der Waals surface area contributed by atoms with Crippen molar-refractivity contribution < 1.29 is 0 Å². The van der Waals surface area contributed by atoms with Crippen molar-refractivity contribution in [1.82, 2.24) is 25.4 Å². The molecule has 0 amide bonds. The van der Waals surface area contributed by atoms with Crippen molar-refractivity contribution in [3.05, 3.63) is 54.0 Å². The Hall–Kier alpha value is -2.76. The number of aromatic amines is 1. The highest BCUT2D eigenvalue weighted by Gasteiger charge is 2.03. The van der Waals surface area contributed by atoms with Gasteiger partial charge in [-0.05, 0) is 30.0 Å². The molecule has 24 heavy (non-hydrogen) atoms. The maximum absolute atomic E-state index is 4.27. The Labute approximate surface area is 142 Å². The summed E-state index contributed by atoms with van der Waals surface area (Å²) in [5.41, 5.74) is 3.73. The minimum atomic E-state index is 0.832. The van der Waals surface area contributed by atoms with Crippen LogP contribution in [0.15, 0.2) is 47.8 Å². The number of hydrogen-bond donors (Lipinski definition) is 3. The monoisotopic (exact) mass is 324 g/mol. The van der Waals surface area contributed by atoms with Crippen LogP contribution in [-0.2, 0) is 19.9 Å². The summed E-state index contributed by atoms with van der Waals surface area (Å²) in [7, 11) is 3.73. The number of nitrogens with one attached hydrogen (secondary N) is 3. The largest absolute Gasteiger partial charge is 0.361 e. The van der Waals surface area contributed by atoms with Crippen molar-refractivity contribution in [1.29, 1.82) is 0 Å². The third kappa shape index (κ3) is 3.95. The van der Waals surface area contributed by atoms with Gasteiger partial charge in [0.15, 0.2) is 5.96 Å². The zero-order valence-corrected chi connectivity index (χ0v) is 14.2. The van der Waals surface area contributed by atoms with Gasteiger partial charge in [0.25, 0.3) is 0 Å². The molecule has 0 spiro atoms. The van der Waals surface area contributed by atoms with E-state index in [1.807, 2.05) is 24.1 Å². The third-order valence-electron chi connectivity index (χ3n) is 4.05. The number of benzene rings is 1. The van der Waals surface area contributed by atoms with Crippen LogP contribution in [-0.4, -0.2) is 40.9 Å². The van der Waals surface area contributed by atoms with Crippen LogP contribution in [0.4, 0.5) is 0 Å². The van der Waals surface area contributed by atoms with Gasteiger partial charge in [0.1, 0.15) is 0 Å². The molecule has 0 bridgehead atoms. The second kappa shape index (κ2) is 7.68. The molecule has 0 aliphatic rings. The van der Waals surface area contributed by atoms with Crippen LogP contribution in [0.3, 0.4) is 0 Å². The summed E-state index contributed by atoms with van der Waals surface area (Å²) < 4.78 is 1.82. The Morgan fingerprint density at radius 2 is 2.00 bits per heavy atom. The fourth-order valence-corrected chi connectivity index (χ4v) is 2.80. The maximum Gasteiger partial charge on any atom is 0.190 e. The molecule has 0 unspecified atom stereocenters. The van der Waals surface area contributed by atoms with E-state index in [0.29, 0.717) is 0 Å². The Balaban J connectivity index is 1.44. The molecule has 0 saturated heterocycles. The summed E-state index contributed by atoms with van der Waals surface area (Å²) in [5.74, 6) is 0.832. The molecule has 3 rings (SSSR count). The lowest BCUT2D eigenvalue weighted by atomic mass is 10.1. The van der Waals surface area contributed by atoms with E-state index in [2.05, 4.69) is 56.2 Å². The number of nitrogens with zero attached hydrogens (tertiary/aromatic N) is 3. The van der Waals surface area contributed by atoms with E-state index in [0.717, 1.165) is 31.9 Å². The summed E-state index contributed by atoms with van der Waals surface area (Å²) in [5, 5.41) is 12.2. The van der Waals surface area contributed by atoms with Gasteiger partial charge in [-0.15, -0.1) is 0 Å². The number of aromatic nitrogens is 3. The number of fused-ring (bicyclic) bond motifs is 1. The molecule has 0 aliphatic heterocycles. The lowest BCUT2D eigenvalue weighted by Gasteiger charge is -2.11. The fraction of sp³-hybridized carbons (Fsp3) is 0.333. The smallest absolute Gasteiger partial charge is 0.190 e. The lowest BCUT2D eigenvalue weighted by molar-refractivity contribution is 0.764. The average molecular weight is 324 g/mol. The van der Waals surface area contributed by atoms with Crippen molar-refractivity contribution in [3.8, 4) is 0 Å². The van der Waals surface area contributed by atoms with Crippen molar-refractivity contribution in [3.63, 3.8) is 0 Å². The van der Waals surface area contributed by atoms with Gasteiger partial charge in [-0.1, -0.05) is 18.2 Å². The molecule has 126 valence electrons. The summed E-state index contributed by atoms with van der Waals surface area (Å²) in [6.45, 7) is 1.67. The maximum atomic E-state index is 4.27. The second-order valence-corrected chi connectivity index (χ2v) is 5.81. The number of hydrogen-bond acceptors (Lipinski definition) is 2. The van der Waals surface area contributed by atoms with E-state index < -0.39 is 0 Å². The first-order valence-electron chi connectivity index (χ1n) is 8.23. The molecule has 0 saturated carbocycles. The Bertz CT molecular complexity index is 814. The number of rotatable bonds is 6. The van der Waals surface area contributed by atoms with Crippen molar-refractivity contribution in [2.45, 2.75) is 12.8 Å². The first kappa shape index (κ1) is 16.1. The number of para-hydroxylation sites is 1. The van der Waals surface area contributed by atoms with Crippen LogP contribution in [0.1, 0.15) is 11.1 Å². The molecule has 2 aromatic heterocycles. The molecule has 3 aromatic rings. The van der Waals surface area contributed by atoms with Crippen LogP contribution in [0.5, 0.6) is 0 Å². The lowest BCUT2D eigenvalue weighted by Crippen LogP contribution is -2.39. The normalized spacial score (nSPS) is 11.8. The zero-order chi connectivity index (χ0) is 16.8. The molecule has 0 radical (unpaired) electrons. The number of H-pyrrole nitrogens is 1. The van der Waals surface area contributed by atoms with E-state index in [1.54, 1.807) is 7.05 Å². The molecule has 2 heterocycles. The van der Waals surface area contributed by atoms with E-state index >= 15 is 0 Å². The van der Waals surface area contributed by atoms with Crippen LogP contribution in [0, 0.1) is 0 Å². The van der Waals surface area contributed by atoms with Gasteiger partial charge < -0.3 is 15.6 Å². The first-order valence-corrected chi connectivity index (χ1v) is 8.23. The van der Waals surface area contributed by atoms with Crippen molar-refractivity contribution in [2.75, 3.05) is 20.1 Å². The van der Waals surface area contributed by atoms with Gasteiger partial charge in [0, 0.05) is 50.5 Å². The topological polar surface area (TPSA) is 70.0 Å². The highest BCUT2D eigenvalue weighted by Crippen LogP contribution is 2.17. The minimum absolute atomic E-state index is 0.832. The fourth-order valence-electron chi connectivity index (χ4n) is 2.80. The van der Waals surface area contributed by atoms with Crippen LogP contribution in [0.25, 0.3) is 10.9 Å². The van der Waals surface area contributed by atoms with Crippen LogP contribution < -0.4 is 10.6 Å². The molecular formula is C18H24N6. The van der Waals surface area contributed by atoms with E-state index in [1.165, 1.54) is 22.0 Å².